The van der Waals surface area contributed by atoms with Crippen LogP contribution in [0.5, 0.6) is 0 Å². The number of nitrogens with zero attached hydrogens (tertiary/aromatic N) is 3. The molecule has 3 aromatic heterocycles. The summed E-state index contributed by atoms with van der Waals surface area (Å²) in [6.45, 7) is 0. The molecule has 0 unspecified atom stereocenters. The van der Waals surface area contributed by atoms with E-state index in [0.29, 0.717) is 0 Å². The molecule has 46 heavy (non-hydrogen) atoms. The summed E-state index contributed by atoms with van der Waals surface area (Å²) < 4.78 is 4.80. The molecule has 0 aliphatic carbocycles. The van der Waals surface area contributed by atoms with E-state index in [0.717, 1.165) is 33.4 Å². The minimum Gasteiger partial charge on any atom is -0.309 e. The van der Waals surface area contributed by atoms with Gasteiger partial charge in [-0.3, -0.25) is 4.57 Å². The highest BCUT2D eigenvalue weighted by atomic mass is 15.1. The summed E-state index contributed by atoms with van der Waals surface area (Å²) in [5.74, 6) is 0.958. The highest BCUT2D eigenvalue weighted by molar-refractivity contribution is 6.20. The van der Waals surface area contributed by atoms with Crippen molar-refractivity contribution in [3.63, 3.8) is 0 Å². The first kappa shape index (κ1) is 25.2. The summed E-state index contributed by atoms with van der Waals surface area (Å²) in [5, 5.41) is 8.42. The van der Waals surface area contributed by atoms with E-state index in [9.17, 15) is 0 Å². The first-order chi connectivity index (χ1) is 22.8. The van der Waals surface area contributed by atoms with Gasteiger partial charge in [0, 0.05) is 38.0 Å². The van der Waals surface area contributed by atoms with Crippen molar-refractivity contribution >= 4 is 65.3 Å². The van der Waals surface area contributed by atoms with Crippen molar-refractivity contribution in [3.05, 3.63) is 164 Å². The van der Waals surface area contributed by atoms with Gasteiger partial charge in [-0.1, -0.05) is 121 Å². The number of aromatic nitrogens is 3. The molecule has 0 atom stereocenters. The molecule has 0 bridgehead atoms. The van der Waals surface area contributed by atoms with Crippen LogP contribution in [0.1, 0.15) is 0 Å². The molecule has 3 nitrogen and oxygen atoms in total. The quantitative estimate of drug-likeness (QED) is 0.189. The normalized spacial score (nSPS) is 11.9. The van der Waals surface area contributed by atoms with Gasteiger partial charge in [-0.15, -0.1) is 0 Å². The van der Waals surface area contributed by atoms with Crippen molar-refractivity contribution in [1.82, 2.24) is 14.1 Å². The molecular formula is C43H27N3. The Balaban J connectivity index is 1.33. The van der Waals surface area contributed by atoms with Crippen molar-refractivity contribution < 1.29 is 0 Å². The van der Waals surface area contributed by atoms with Crippen LogP contribution in [-0.4, -0.2) is 14.1 Å². The molecule has 0 spiro atoms. The zero-order valence-corrected chi connectivity index (χ0v) is 24.9. The fraction of sp³-hybridized carbons (Fsp3) is 0. The second-order valence-corrected chi connectivity index (χ2v) is 12.0. The predicted octanol–water partition coefficient (Wildman–Crippen LogP) is 11.2. The van der Waals surface area contributed by atoms with Gasteiger partial charge in [-0.05, 0) is 59.0 Å². The minimum atomic E-state index is 0.958. The molecule has 0 aliphatic rings. The van der Waals surface area contributed by atoms with Crippen molar-refractivity contribution in [2.24, 2.45) is 0 Å². The van der Waals surface area contributed by atoms with Crippen LogP contribution in [0.4, 0.5) is 0 Å². The van der Waals surface area contributed by atoms with Gasteiger partial charge in [0.2, 0.25) is 0 Å². The predicted molar refractivity (Wildman–Crippen MR) is 193 cm³/mol. The Morgan fingerprint density at radius 3 is 1.61 bits per heavy atom. The number of benzene rings is 7. The second kappa shape index (κ2) is 9.65. The maximum Gasteiger partial charge on any atom is 0.146 e. The van der Waals surface area contributed by atoms with Gasteiger partial charge < -0.3 is 4.57 Å². The summed E-state index contributed by atoms with van der Waals surface area (Å²) in [4.78, 5) is 5.34. The Labute approximate surface area is 265 Å². The average Bonchev–Trinajstić information content (AvgIpc) is 3.63. The van der Waals surface area contributed by atoms with Gasteiger partial charge in [0.25, 0.3) is 0 Å². The number of rotatable bonds is 3. The van der Waals surface area contributed by atoms with Gasteiger partial charge in [0.15, 0.2) is 0 Å². The van der Waals surface area contributed by atoms with Crippen LogP contribution in [0.15, 0.2) is 164 Å². The Morgan fingerprint density at radius 2 is 0.870 bits per heavy atom. The van der Waals surface area contributed by atoms with Gasteiger partial charge in [-0.2, -0.15) is 0 Å². The van der Waals surface area contributed by atoms with Crippen molar-refractivity contribution in [2.75, 3.05) is 0 Å². The number of pyridine rings is 1. The zero-order valence-electron chi connectivity index (χ0n) is 24.9. The van der Waals surface area contributed by atoms with E-state index in [2.05, 4.69) is 173 Å². The molecule has 0 fully saturated rings. The Bertz CT molecular complexity index is 2800. The third-order valence-corrected chi connectivity index (χ3v) is 9.48. The van der Waals surface area contributed by atoms with Crippen LogP contribution >= 0.6 is 0 Å². The molecule has 3 heterocycles. The summed E-state index contributed by atoms with van der Waals surface area (Å²) in [7, 11) is 0. The number of hydrogen-bond acceptors (Lipinski definition) is 1. The standard InChI is InChI=1S/C43H27N3/c1-2-13-28(14-3-1)29-15-12-16-30(25-29)45-39-23-10-7-19-33(39)36-27-42-37(26-41(36)45)34-20-8-11-24-40(34)46(42)43-35-21-5-4-17-31(35)32-18-6-9-22-38(32)44-43/h1-27H. The molecule has 0 saturated heterocycles. The van der Waals surface area contributed by atoms with Crippen molar-refractivity contribution in [1.29, 1.82) is 0 Å². The fourth-order valence-corrected chi connectivity index (χ4v) is 7.45. The van der Waals surface area contributed by atoms with Gasteiger partial charge in [-0.25, -0.2) is 4.98 Å². The molecule has 0 aliphatic heterocycles. The van der Waals surface area contributed by atoms with Crippen molar-refractivity contribution in [3.8, 4) is 22.6 Å². The minimum absolute atomic E-state index is 0.958. The summed E-state index contributed by atoms with van der Waals surface area (Å²) in [5.41, 5.74) is 9.26. The van der Waals surface area contributed by atoms with Gasteiger partial charge >= 0.3 is 0 Å². The van der Waals surface area contributed by atoms with E-state index < -0.39 is 0 Å². The van der Waals surface area contributed by atoms with Crippen LogP contribution in [0.3, 0.4) is 0 Å². The molecule has 3 heteroatoms. The Hall–Kier alpha value is -6.19. The molecule has 0 radical (unpaired) electrons. The van der Waals surface area contributed by atoms with E-state index in [-0.39, 0.29) is 0 Å². The molecule has 0 N–H and O–H groups in total. The first-order valence-electron chi connectivity index (χ1n) is 15.7. The third kappa shape index (κ3) is 3.57. The molecule has 0 saturated carbocycles. The van der Waals surface area contributed by atoms with E-state index in [1.807, 2.05) is 0 Å². The van der Waals surface area contributed by atoms with Gasteiger partial charge in [0.05, 0.1) is 27.6 Å². The summed E-state index contributed by atoms with van der Waals surface area (Å²) in [6.07, 6.45) is 0. The monoisotopic (exact) mass is 585 g/mol. The van der Waals surface area contributed by atoms with Crippen molar-refractivity contribution in [2.45, 2.75) is 0 Å². The third-order valence-electron chi connectivity index (χ3n) is 9.48. The lowest BCUT2D eigenvalue weighted by Gasteiger charge is -2.13. The molecule has 10 rings (SSSR count). The molecule has 7 aromatic carbocycles. The Morgan fingerprint density at radius 1 is 0.326 bits per heavy atom. The van der Waals surface area contributed by atoms with Crippen LogP contribution in [0.25, 0.3) is 87.9 Å². The largest absolute Gasteiger partial charge is 0.309 e. The SMILES string of the molecule is c1ccc(-c2cccc(-n3c4ccccc4c4cc5c(cc43)c3ccccc3n5-c3nc4ccccc4c4ccccc34)c2)cc1. The lowest BCUT2D eigenvalue weighted by atomic mass is 10.1. The number of hydrogen-bond donors (Lipinski definition) is 0. The Kier molecular flexibility index (Phi) is 5.28. The topological polar surface area (TPSA) is 22.8 Å². The first-order valence-corrected chi connectivity index (χ1v) is 15.7. The van der Waals surface area contributed by atoms with E-state index >= 15 is 0 Å². The molecular weight excluding hydrogens is 558 g/mol. The number of para-hydroxylation sites is 3. The summed E-state index contributed by atoms with van der Waals surface area (Å²) >= 11 is 0. The zero-order chi connectivity index (χ0) is 30.2. The lowest BCUT2D eigenvalue weighted by Crippen LogP contribution is -2.00. The number of fused-ring (bicyclic) bond motifs is 9. The van der Waals surface area contributed by atoms with Crippen LogP contribution in [0, 0.1) is 0 Å². The van der Waals surface area contributed by atoms with Crippen LogP contribution < -0.4 is 0 Å². The average molecular weight is 586 g/mol. The van der Waals surface area contributed by atoms with E-state index in [4.69, 9.17) is 4.98 Å². The molecule has 214 valence electrons. The van der Waals surface area contributed by atoms with Crippen LogP contribution in [0.2, 0.25) is 0 Å². The van der Waals surface area contributed by atoms with Crippen LogP contribution in [-0.2, 0) is 0 Å². The lowest BCUT2D eigenvalue weighted by molar-refractivity contribution is 1.12. The van der Waals surface area contributed by atoms with E-state index in [1.165, 1.54) is 54.5 Å². The summed E-state index contributed by atoms with van der Waals surface area (Å²) in [6, 6.07) is 58.9. The molecule has 10 aromatic rings. The smallest absolute Gasteiger partial charge is 0.146 e. The highest BCUT2D eigenvalue weighted by Gasteiger charge is 2.20. The highest BCUT2D eigenvalue weighted by Crippen LogP contribution is 2.41. The second-order valence-electron chi connectivity index (χ2n) is 12.0. The van der Waals surface area contributed by atoms with Gasteiger partial charge in [0.1, 0.15) is 5.82 Å². The van der Waals surface area contributed by atoms with E-state index in [1.54, 1.807) is 0 Å². The maximum atomic E-state index is 5.34. The molecule has 0 amide bonds. The fourth-order valence-electron chi connectivity index (χ4n) is 7.45. The maximum absolute atomic E-state index is 5.34.